The van der Waals surface area contributed by atoms with Crippen LogP contribution in [-0.2, 0) is 29.0 Å². The molecule has 1 aromatic heterocycles. The van der Waals surface area contributed by atoms with Crippen LogP contribution in [0.25, 0.3) is 0 Å². The number of carbonyl (C=O) groups is 3. The van der Waals surface area contributed by atoms with E-state index in [0.717, 1.165) is 37.1 Å². The Labute approximate surface area is 158 Å². The van der Waals surface area contributed by atoms with E-state index in [4.69, 9.17) is 0 Å². The first-order valence-electron chi connectivity index (χ1n) is 9.37. The van der Waals surface area contributed by atoms with E-state index in [1.807, 2.05) is 6.92 Å². The van der Waals surface area contributed by atoms with Gasteiger partial charge in [-0.1, -0.05) is 0 Å². The summed E-state index contributed by atoms with van der Waals surface area (Å²) in [6, 6.07) is -1.21. The van der Waals surface area contributed by atoms with E-state index in [-0.39, 0.29) is 24.8 Å². The molecule has 0 bridgehead atoms. The first-order chi connectivity index (χ1) is 13.0. The monoisotopic (exact) mass is 374 g/mol. The van der Waals surface area contributed by atoms with E-state index in [0.29, 0.717) is 18.9 Å². The summed E-state index contributed by atoms with van der Waals surface area (Å²) in [7, 11) is 1.50. The van der Waals surface area contributed by atoms with Crippen molar-refractivity contribution in [2.24, 2.45) is 0 Å². The molecule has 0 radical (unpaired) electrons. The van der Waals surface area contributed by atoms with Crippen LogP contribution >= 0.6 is 0 Å². The number of nitrogens with zero attached hydrogens (tertiary/aromatic N) is 3. The van der Waals surface area contributed by atoms with Gasteiger partial charge in [0.25, 0.3) is 0 Å². The van der Waals surface area contributed by atoms with Crippen molar-refractivity contribution >= 4 is 17.8 Å². The molecule has 9 heteroatoms. The van der Waals surface area contributed by atoms with Gasteiger partial charge in [0.2, 0.25) is 11.8 Å². The zero-order valence-electron chi connectivity index (χ0n) is 15.8. The predicted octanol–water partition coefficient (Wildman–Crippen LogP) is -0.190. The number of hydrogen-bond acceptors (Lipinski definition) is 5. The highest BCUT2D eigenvalue weighted by Gasteiger charge is 2.34. The Morgan fingerprint density at radius 1 is 1.26 bits per heavy atom. The van der Waals surface area contributed by atoms with Crippen molar-refractivity contribution < 1.29 is 14.4 Å². The minimum Gasteiger partial charge on any atom is -0.359 e. The number of urea groups is 1. The molecular weight excluding hydrogens is 348 g/mol. The number of fused-ring (bicyclic) bond motifs is 1. The summed E-state index contributed by atoms with van der Waals surface area (Å²) in [4.78, 5) is 46.9. The second-order valence-electron chi connectivity index (χ2n) is 6.89. The van der Waals surface area contributed by atoms with Crippen molar-refractivity contribution in [2.45, 2.75) is 51.6 Å². The van der Waals surface area contributed by atoms with Crippen molar-refractivity contribution in [3.05, 3.63) is 22.8 Å². The van der Waals surface area contributed by atoms with Crippen LogP contribution in [0, 0.1) is 6.92 Å². The van der Waals surface area contributed by atoms with Crippen molar-refractivity contribution in [1.29, 1.82) is 0 Å². The number of piperazine rings is 1. The largest absolute Gasteiger partial charge is 0.359 e. The van der Waals surface area contributed by atoms with Crippen LogP contribution in [0.5, 0.6) is 0 Å². The zero-order chi connectivity index (χ0) is 19.4. The Bertz CT molecular complexity index is 751. The Hall–Kier alpha value is -2.71. The van der Waals surface area contributed by atoms with E-state index in [1.54, 1.807) is 0 Å². The number of aromatic nitrogens is 2. The minimum atomic E-state index is -0.815. The smallest absolute Gasteiger partial charge is 0.318 e. The fraction of sp³-hybridized carbons (Fsp3) is 0.611. The average molecular weight is 374 g/mol. The molecule has 2 heterocycles. The third kappa shape index (κ3) is 4.35. The lowest BCUT2D eigenvalue weighted by Crippen LogP contribution is -2.60. The number of aryl methyl sites for hydroxylation is 2. The van der Waals surface area contributed by atoms with Gasteiger partial charge < -0.3 is 20.9 Å². The summed E-state index contributed by atoms with van der Waals surface area (Å²) in [5, 5.41) is 7.98. The first kappa shape index (κ1) is 19.1. The summed E-state index contributed by atoms with van der Waals surface area (Å²) in [6.07, 6.45) is 4.18. The first-order valence-corrected chi connectivity index (χ1v) is 9.37. The molecule has 1 aliphatic carbocycles. The predicted molar refractivity (Wildman–Crippen MR) is 97.8 cm³/mol. The molecule has 4 amide bonds. The van der Waals surface area contributed by atoms with Crippen LogP contribution < -0.4 is 16.0 Å². The Kier molecular flexibility index (Phi) is 5.88. The summed E-state index contributed by atoms with van der Waals surface area (Å²) < 4.78 is 0. The van der Waals surface area contributed by atoms with Crippen LogP contribution in [0.3, 0.4) is 0 Å². The summed E-state index contributed by atoms with van der Waals surface area (Å²) >= 11 is 0. The fourth-order valence-corrected chi connectivity index (χ4v) is 3.62. The topological polar surface area (TPSA) is 116 Å². The molecule has 27 heavy (non-hydrogen) atoms. The molecule has 9 nitrogen and oxygen atoms in total. The number of rotatable bonds is 4. The van der Waals surface area contributed by atoms with Crippen LogP contribution in [-0.4, -0.2) is 58.9 Å². The molecule has 0 spiro atoms. The van der Waals surface area contributed by atoms with E-state index < -0.39 is 12.1 Å². The molecule has 1 fully saturated rings. The second-order valence-corrected chi connectivity index (χ2v) is 6.89. The van der Waals surface area contributed by atoms with Crippen LogP contribution in [0.4, 0.5) is 4.79 Å². The van der Waals surface area contributed by atoms with Gasteiger partial charge in [0, 0.05) is 31.5 Å². The molecule has 146 valence electrons. The van der Waals surface area contributed by atoms with Gasteiger partial charge in [0.05, 0.1) is 13.0 Å². The molecule has 2 aliphatic rings. The molecule has 1 atom stereocenters. The van der Waals surface area contributed by atoms with Gasteiger partial charge in [-0.15, -0.1) is 0 Å². The second kappa shape index (κ2) is 8.32. The Morgan fingerprint density at radius 3 is 2.81 bits per heavy atom. The van der Waals surface area contributed by atoms with Crippen LogP contribution in [0.15, 0.2) is 0 Å². The van der Waals surface area contributed by atoms with Gasteiger partial charge in [-0.2, -0.15) is 0 Å². The molecule has 1 aromatic rings. The van der Waals surface area contributed by atoms with Crippen LogP contribution in [0.2, 0.25) is 0 Å². The standard InChI is InChI=1S/C18H26N6O3/c1-11-12-5-3-4-6-13(12)23-15(22-11)10-21-18(27)24-8-7-20-17(26)14(24)9-16(25)19-2/h14H,3-10H2,1-2H3,(H,19,25)(H,20,26)(H,21,27)/t14-/m0/s1. The molecule has 0 aromatic carbocycles. The Balaban J connectivity index is 1.66. The third-order valence-corrected chi connectivity index (χ3v) is 5.08. The van der Waals surface area contributed by atoms with Gasteiger partial charge in [0.1, 0.15) is 11.9 Å². The van der Waals surface area contributed by atoms with Crippen LogP contribution in [0.1, 0.15) is 42.0 Å². The fourth-order valence-electron chi connectivity index (χ4n) is 3.62. The maximum atomic E-state index is 12.6. The molecule has 3 rings (SSSR count). The lowest BCUT2D eigenvalue weighted by molar-refractivity contribution is -0.132. The van der Waals surface area contributed by atoms with E-state index in [9.17, 15) is 14.4 Å². The molecule has 1 saturated heterocycles. The number of nitrogens with one attached hydrogen (secondary N) is 3. The van der Waals surface area contributed by atoms with Crippen molar-refractivity contribution in [1.82, 2.24) is 30.8 Å². The van der Waals surface area contributed by atoms with Crippen molar-refractivity contribution in [2.75, 3.05) is 20.1 Å². The SMILES string of the molecule is CNC(=O)C[C@H]1C(=O)NCCN1C(=O)NCc1nc(C)c2c(n1)CCCC2. The van der Waals surface area contributed by atoms with Gasteiger partial charge in [-0.3, -0.25) is 9.59 Å². The zero-order valence-corrected chi connectivity index (χ0v) is 15.8. The number of carbonyl (C=O) groups excluding carboxylic acids is 3. The van der Waals surface area contributed by atoms with E-state index in [1.165, 1.54) is 17.5 Å². The molecule has 0 unspecified atom stereocenters. The Morgan fingerprint density at radius 2 is 2.04 bits per heavy atom. The van der Waals surface area contributed by atoms with Gasteiger partial charge in [0.15, 0.2) is 0 Å². The average Bonchev–Trinajstić information content (AvgIpc) is 2.67. The molecule has 3 N–H and O–H groups in total. The number of amides is 4. The molecule has 1 aliphatic heterocycles. The summed E-state index contributed by atoms with van der Waals surface area (Å²) in [5.41, 5.74) is 3.28. The minimum absolute atomic E-state index is 0.0653. The number of hydrogen-bond donors (Lipinski definition) is 3. The van der Waals surface area contributed by atoms with Gasteiger partial charge in [-0.05, 0) is 38.2 Å². The normalized spacial score (nSPS) is 19.1. The molecular formula is C18H26N6O3. The van der Waals surface area contributed by atoms with Crippen molar-refractivity contribution in [3.63, 3.8) is 0 Å². The van der Waals surface area contributed by atoms with E-state index in [2.05, 4.69) is 25.9 Å². The highest BCUT2D eigenvalue weighted by atomic mass is 16.2. The highest BCUT2D eigenvalue weighted by molar-refractivity contribution is 5.92. The van der Waals surface area contributed by atoms with Crippen molar-refractivity contribution in [3.8, 4) is 0 Å². The lowest BCUT2D eigenvalue weighted by atomic mass is 9.95. The quantitative estimate of drug-likeness (QED) is 0.675. The molecule has 0 saturated carbocycles. The summed E-state index contributed by atoms with van der Waals surface area (Å²) in [6.45, 7) is 2.89. The van der Waals surface area contributed by atoms with E-state index >= 15 is 0 Å². The maximum Gasteiger partial charge on any atom is 0.318 e. The lowest BCUT2D eigenvalue weighted by Gasteiger charge is -2.34. The van der Waals surface area contributed by atoms with Gasteiger partial charge >= 0.3 is 6.03 Å². The maximum absolute atomic E-state index is 12.6. The third-order valence-electron chi connectivity index (χ3n) is 5.08. The summed E-state index contributed by atoms with van der Waals surface area (Å²) in [5.74, 6) is -0.0322. The van der Waals surface area contributed by atoms with Gasteiger partial charge in [-0.25, -0.2) is 14.8 Å². The highest BCUT2D eigenvalue weighted by Crippen LogP contribution is 2.21.